The van der Waals surface area contributed by atoms with Crippen LogP contribution in [0.1, 0.15) is 105 Å². The molecular formula is C43H44N6O6. The van der Waals surface area contributed by atoms with Crippen LogP contribution in [0, 0.1) is 24.2 Å². The van der Waals surface area contributed by atoms with Crippen molar-refractivity contribution < 1.29 is 28.7 Å². The van der Waals surface area contributed by atoms with Crippen LogP contribution >= 0.6 is 0 Å². The third kappa shape index (κ3) is 6.44. The van der Waals surface area contributed by atoms with Crippen LogP contribution in [0.15, 0.2) is 54.6 Å². The number of imide groups is 2. The van der Waals surface area contributed by atoms with Gasteiger partial charge in [-0.05, 0) is 116 Å². The normalized spacial score (nSPS) is 25.2. The van der Waals surface area contributed by atoms with E-state index < -0.39 is 29.7 Å². The molecule has 4 fully saturated rings. The molecule has 3 aromatic carbocycles. The van der Waals surface area contributed by atoms with E-state index in [2.05, 4.69) is 33.3 Å². The van der Waals surface area contributed by atoms with Crippen molar-refractivity contribution >= 4 is 35.2 Å². The Morgan fingerprint density at radius 2 is 1.51 bits per heavy atom. The summed E-state index contributed by atoms with van der Waals surface area (Å²) in [5, 5.41) is 11.5. The van der Waals surface area contributed by atoms with Gasteiger partial charge in [-0.2, -0.15) is 5.26 Å². The summed E-state index contributed by atoms with van der Waals surface area (Å²) < 4.78 is 6.40. The summed E-state index contributed by atoms with van der Waals surface area (Å²) in [6, 6.07) is 19.5. The Morgan fingerprint density at radius 1 is 0.855 bits per heavy atom. The van der Waals surface area contributed by atoms with E-state index in [-0.39, 0.29) is 24.9 Å². The van der Waals surface area contributed by atoms with E-state index in [0.29, 0.717) is 66.4 Å². The maximum absolute atomic E-state index is 13.6. The van der Waals surface area contributed by atoms with Crippen molar-refractivity contribution in [3.63, 3.8) is 0 Å². The summed E-state index contributed by atoms with van der Waals surface area (Å²) >= 11 is 0. The highest BCUT2D eigenvalue weighted by molar-refractivity contribution is 6.23. The minimum Gasteiger partial charge on any atom is -0.490 e. The fourth-order valence-corrected chi connectivity index (χ4v) is 9.88. The predicted octanol–water partition coefficient (Wildman–Crippen LogP) is 4.71. The fourth-order valence-electron chi connectivity index (χ4n) is 9.88. The van der Waals surface area contributed by atoms with Crippen molar-refractivity contribution in [1.29, 1.82) is 5.26 Å². The van der Waals surface area contributed by atoms with Gasteiger partial charge in [-0.15, -0.1) is 0 Å². The lowest BCUT2D eigenvalue weighted by Gasteiger charge is -2.40. The number of hydrogen-bond acceptors (Lipinski definition) is 9. The lowest BCUT2D eigenvalue weighted by Crippen LogP contribution is -2.54. The molecule has 0 aromatic heterocycles. The third-order valence-corrected chi connectivity index (χ3v) is 12.7. The van der Waals surface area contributed by atoms with Crippen LogP contribution in [0.2, 0.25) is 0 Å². The second kappa shape index (κ2) is 13.9. The highest BCUT2D eigenvalue weighted by Crippen LogP contribution is 2.41. The summed E-state index contributed by atoms with van der Waals surface area (Å²) in [6.45, 7) is 5.58. The van der Waals surface area contributed by atoms with E-state index in [1.807, 2.05) is 54.3 Å². The third-order valence-electron chi connectivity index (χ3n) is 12.7. The quantitative estimate of drug-likeness (QED) is 0.341. The number of carbonyl (C=O) groups excluding carboxylic acids is 5. The summed E-state index contributed by atoms with van der Waals surface area (Å²) in [7, 11) is 0. The van der Waals surface area contributed by atoms with Gasteiger partial charge in [0.25, 0.3) is 17.7 Å². The lowest BCUT2D eigenvalue weighted by molar-refractivity contribution is -0.136. The number of anilines is 1. The molecule has 12 nitrogen and oxygen atoms in total. The Labute approximate surface area is 320 Å². The van der Waals surface area contributed by atoms with E-state index in [1.54, 1.807) is 0 Å². The Kier molecular flexibility index (Phi) is 8.92. The molecule has 6 aliphatic rings. The Balaban J connectivity index is 0.760. The van der Waals surface area contributed by atoms with Gasteiger partial charge in [0.15, 0.2) is 0 Å². The zero-order valence-corrected chi connectivity index (χ0v) is 31.0. The molecule has 3 aromatic rings. The molecular weight excluding hydrogens is 697 g/mol. The molecule has 0 saturated carbocycles. The first kappa shape index (κ1) is 35.2. The van der Waals surface area contributed by atoms with Crippen molar-refractivity contribution in [2.75, 3.05) is 24.5 Å². The fraction of sp³-hybridized carbons (Fsp3) is 0.442. The van der Waals surface area contributed by atoms with Gasteiger partial charge in [0, 0.05) is 75.3 Å². The number of nitrogens with one attached hydrogen (secondary N) is 1. The Morgan fingerprint density at radius 3 is 2.11 bits per heavy atom. The second-order valence-electron chi connectivity index (χ2n) is 16.2. The first-order chi connectivity index (χ1) is 26.6. The van der Waals surface area contributed by atoms with Crippen LogP contribution in [0.4, 0.5) is 5.69 Å². The van der Waals surface area contributed by atoms with Gasteiger partial charge in [-0.3, -0.25) is 39.1 Å². The standard InChI is InChI=1S/C43H44N6O6/c1-25-16-34(9-4-28(25)21-44)55-35-19-32-7-8-33(20-35)48(32)31-5-2-27(3-6-31)41(52)47-14-12-26(13-15-47)22-46-23-29-17-36-37(18-30(29)24-46)43(54)49(42(36)53)38-10-11-39(50)45-40(38)51/h2-6,9,16-18,26,32-33,35,38H,7-8,10-15,19-20,22-24H2,1H3,(H,45,50,51). The number of piperidine rings is 3. The molecule has 6 heterocycles. The molecule has 3 unspecified atom stereocenters. The maximum Gasteiger partial charge on any atom is 0.262 e. The molecule has 0 radical (unpaired) electrons. The van der Waals surface area contributed by atoms with Gasteiger partial charge in [-0.1, -0.05) is 0 Å². The Bertz CT molecular complexity index is 2090. The van der Waals surface area contributed by atoms with Crippen molar-refractivity contribution in [3.05, 3.63) is 93.5 Å². The zero-order chi connectivity index (χ0) is 38.0. The highest BCUT2D eigenvalue weighted by atomic mass is 16.5. The van der Waals surface area contributed by atoms with Gasteiger partial charge in [0.1, 0.15) is 17.9 Å². The molecule has 0 spiro atoms. The Hall–Kier alpha value is -5.54. The monoisotopic (exact) mass is 740 g/mol. The number of amides is 5. The van der Waals surface area contributed by atoms with Crippen LogP contribution in [-0.2, 0) is 22.7 Å². The number of hydrogen-bond donors (Lipinski definition) is 1. The number of nitriles is 1. The molecule has 282 valence electrons. The topological polar surface area (TPSA) is 143 Å². The lowest BCUT2D eigenvalue weighted by atomic mass is 9.95. The number of ether oxygens (including phenoxy) is 1. The molecule has 6 aliphatic heterocycles. The second-order valence-corrected chi connectivity index (χ2v) is 16.2. The van der Waals surface area contributed by atoms with Crippen LogP contribution < -0.4 is 15.0 Å². The SMILES string of the molecule is Cc1cc(OC2CC3CCC(C2)N3c2ccc(C(=O)N3CCC(CN4Cc5cc6c(cc5C4)C(=O)N(C4CCC(=O)NC4=O)C6=O)CC3)cc2)ccc1C#N. The minimum absolute atomic E-state index is 0.0709. The average Bonchev–Trinajstić information content (AvgIpc) is 3.78. The summed E-state index contributed by atoms with van der Waals surface area (Å²) in [4.78, 5) is 72.1. The molecule has 1 N–H and O–H groups in total. The first-order valence-electron chi connectivity index (χ1n) is 19.6. The highest BCUT2D eigenvalue weighted by Gasteiger charge is 2.46. The van der Waals surface area contributed by atoms with Crippen LogP contribution in [0.25, 0.3) is 0 Å². The van der Waals surface area contributed by atoms with Crippen molar-refractivity contribution in [1.82, 2.24) is 20.0 Å². The molecule has 0 aliphatic carbocycles. The molecule has 4 saturated heterocycles. The van der Waals surface area contributed by atoms with Crippen LogP contribution in [0.5, 0.6) is 5.75 Å². The number of fused-ring (bicyclic) bond motifs is 4. The van der Waals surface area contributed by atoms with E-state index in [9.17, 15) is 29.2 Å². The van der Waals surface area contributed by atoms with Gasteiger partial charge >= 0.3 is 0 Å². The summed E-state index contributed by atoms with van der Waals surface area (Å²) in [6.07, 6.45) is 6.34. The van der Waals surface area contributed by atoms with E-state index in [4.69, 9.17) is 4.74 Å². The van der Waals surface area contributed by atoms with E-state index in [0.717, 1.165) is 78.1 Å². The van der Waals surface area contributed by atoms with Crippen molar-refractivity contribution in [2.45, 2.75) is 95.6 Å². The number of carbonyl (C=O) groups is 5. The molecule has 55 heavy (non-hydrogen) atoms. The smallest absolute Gasteiger partial charge is 0.262 e. The van der Waals surface area contributed by atoms with Gasteiger partial charge in [-0.25, -0.2) is 0 Å². The number of aryl methyl sites for hydroxylation is 1. The first-order valence-corrected chi connectivity index (χ1v) is 19.6. The van der Waals surface area contributed by atoms with Gasteiger partial charge in [0.2, 0.25) is 11.8 Å². The molecule has 12 heteroatoms. The van der Waals surface area contributed by atoms with Crippen molar-refractivity contribution in [2.24, 2.45) is 5.92 Å². The summed E-state index contributed by atoms with van der Waals surface area (Å²) in [5.41, 5.74) is 6.17. The van der Waals surface area contributed by atoms with E-state index >= 15 is 0 Å². The number of benzene rings is 3. The molecule has 9 rings (SSSR count). The van der Waals surface area contributed by atoms with Gasteiger partial charge in [0.05, 0.1) is 22.8 Å². The average molecular weight is 741 g/mol. The van der Waals surface area contributed by atoms with Crippen molar-refractivity contribution in [3.8, 4) is 11.8 Å². The minimum atomic E-state index is -0.967. The summed E-state index contributed by atoms with van der Waals surface area (Å²) in [5.74, 6) is -0.616. The number of rotatable bonds is 7. The predicted molar refractivity (Wildman–Crippen MR) is 201 cm³/mol. The number of likely N-dealkylation sites (tertiary alicyclic amines) is 1. The van der Waals surface area contributed by atoms with Crippen LogP contribution in [-0.4, -0.2) is 88.1 Å². The molecule has 2 bridgehead atoms. The molecule has 3 atom stereocenters. The van der Waals surface area contributed by atoms with Gasteiger partial charge < -0.3 is 14.5 Å². The zero-order valence-electron chi connectivity index (χ0n) is 31.0. The largest absolute Gasteiger partial charge is 0.490 e. The maximum atomic E-state index is 13.6. The molecule has 5 amide bonds. The van der Waals surface area contributed by atoms with E-state index in [1.165, 1.54) is 0 Å². The van der Waals surface area contributed by atoms with Crippen LogP contribution in [0.3, 0.4) is 0 Å². The number of nitrogens with zero attached hydrogens (tertiary/aromatic N) is 5.